The number of ether oxygens (including phenoxy) is 1. The molecule has 0 saturated heterocycles. The summed E-state index contributed by atoms with van der Waals surface area (Å²) in [4.78, 5) is 0. The van der Waals surface area contributed by atoms with Crippen LogP contribution in [0.4, 0.5) is 0 Å². The van der Waals surface area contributed by atoms with Crippen molar-refractivity contribution in [3.63, 3.8) is 0 Å². The van der Waals surface area contributed by atoms with E-state index in [9.17, 15) is 8.42 Å². The Hall–Kier alpha value is -0.170. The fourth-order valence-electron chi connectivity index (χ4n) is 1.12. The van der Waals surface area contributed by atoms with Crippen LogP contribution in [-0.2, 0) is 14.8 Å². The van der Waals surface area contributed by atoms with Gasteiger partial charge < -0.3 is 10.5 Å². The Morgan fingerprint density at radius 1 is 1.40 bits per heavy atom. The molecule has 0 amide bonds. The van der Waals surface area contributed by atoms with Crippen LogP contribution in [0.3, 0.4) is 0 Å². The molecule has 0 saturated carbocycles. The second kappa shape index (κ2) is 8.04. The van der Waals surface area contributed by atoms with Gasteiger partial charge in [-0.1, -0.05) is 0 Å². The Kier molecular flexibility index (Phi) is 7.95. The van der Waals surface area contributed by atoms with Crippen molar-refractivity contribution in [2.45, 2.75) is 32.2 Å². The Morgan fingerprint density at radius 2 is 2.07 bits per heavy atom. The number of hydrogen-bond donors (Lipinski definition) is 2. The molecule has 0 spiro atoms. The predicted octanol–water partition coefficient (Wildman–Crippen LogP) is 0.0697. The summed E-state index contributed by atoms with van der Waals surface area (Å²) in [6, 6.07) is 0.128. The van der Waals surface area contributed by atoms with Gasteiger partial charge in [0.1, 0.15) is 0 Å². The van der Waals surface area contributed by atoms with Gasteiger partial charge in [-0.2, -0.15) is 0 Å². The number of nitrogens with one attached hydrogen (secondary N) is 1. The average molecular weight is 238 g/mol. The molecule has 0 heterocycles. The van der Waals surface area contributed by atoms with Crippen molar-refractivity contribution in [2.24, 2.45) is 5.73 Å². The van der Waals surface area contributed by atoms with Gasteiger partial charge in [0.2, 0.25) is 10.0 Å². The Bertz CT molecular complexity index is 240. The Balaban J connectivity index is 3.56. The number of methoxy groups -OCH3 is 1. The first-order valence-corrected chi connectivity index (χ1v) is 6.85. The molecule has 0 aliphatic rings. The van der Waals surface area contributed by atoms with Gasteiger partial charge in [0.15, 0.2) is 0 Å². The zero-order valence-corrected chi connectivity index (χ0v) is 10.3. The van der Waals surface area contributed by atoms with Crippen molar-refractivity contribution < 1.29 is 13.2 Å². The molecular weight excluding hydrogens is 216 g/mol. The monoisotopic (exact) mass is 238 g/mol. The number of sulfonamides is 1. The standard InChI is InChI=1S/C9H22N2O3S/c1-9(10)5-3-6-11-15(12,13)8-4-7-14-2/h9,11H,3-8,10H2,1-2H3. The largest absolute Gasteiger partial charge is 0.385 e. The van der Waals surface area contributed by atoms with E-state index in [-0.39, 0.29) is 11.8 Å². The molecule has 0 rings (SSSR count). The number of hydrogen-bond acceptors (Lipinski definition) is 4. The molecule has 0 fully saturated rings. The average Bonchev–Trinajstić information content (AvgIpc) is 2.13. The molecule has 5 nitrogen and oxygen atoms in total. The third-order valence-corrected chi connectivity index (χ3v) is 3.39. The van der Waals surface area contributed by atoms with E-state index in [1.807, 2.05) is 6.92 Å². The summed E-state index contributed by atoms with van der Waals surface area (Å²) in [5, 5.41) is 0. The van der Waals surface area contributed by atoms with Gasteiger partial charge >= 0.3 is 0 Å². The second-order valence-electron chi connectivity index (χ2n) is 3.68. The molecule has 0 aromatic heterocycles. The van der Waals surface area contributed by atoms with Crippen LogP contribution in [0.1, 0.15) is 26.2 Å². The maximum Gasteiger partial charge on any atom is 0.211 e. The van der Waals surface area contributed by atoms with Gasteiger partial charge in [0, 0.05) is 26.3 Å². The molecule has 1 unspecified atom stereocenters. The van der Waals surface area contributed by atoms with Crippen LogP contribution >= 0.6 is 0 Å². The van der Waals surface area contributed by atoms with E-state index < -0.39 is 10.0 Å². The van der Waals surface area contributed by atoms with Crippen molar-refractivity contribution in [3.8, 4) is 0 Å². The zero-order valence-electron chi connectivity index (χ0n) is 9.53. The highest BCUT2D eigenvalue weighted by Gasteiger charge is 2.08. The van der Waals surface area contributed by atoms with E-state index in [4.69, 9.17) is 10.5 Å². The van der Waals surface area contributed by atoms with E-state index in [1.54, 1.807) is 7.11 Å². The van der Waals surface area contributed by atoms with E-state index in [2.05, 4.69) is 4.72 Å². The topological polar surface area (TPSA) is 81.4 Å². The smallest absolute Gasteiger partial charge is 0.211 e. The molecule has 0 aromatic carbocycles. The van der Waals surface area contributed by atoms with Crippen molar-refractivity contribution in [1.82, 2.24) is 4.72 Å². The van der Waals surface area contributed by atoms with E-state index in [0.29, 0.717) is 19.6 Å². The van der Waals surface area contributed by atoms with Gasteiger partial charge in [-0.25, -0.2) is 13.1 Å². The molecule has 1 atom stereocenters. The van der Waals surface area contributed by atoms with Crippen LogP contribution in [0.25, 0.3) is 0 Å². The number of rotatable bonds is 9. The highest BCUT2D eigenvalue weighted by atomic mass is 32.2. The summed E-state index contributed by atoms with van der Waals surface area (Å²) in [6.07, 6.45) is 2.14. The van der Waals surface area contributed by atoms with Crippen molar-refractivity contribution in [1.29, 1.82) is 0 Å². The molecule has 15 heavy (non-hydrogen) atoms. The minimum absolute atomic E-state index is 0.124. The van der Waals surface area contributed by atoms with Crippen LogP contribution in [0.2, 0.25) is 0 Å². The van der Waals surface area contributed by atoms with Gasteiger partial charge in [0.05, 0.1) is 5.75 Å². The lowest BCUT2D eigenvalue weighted by Crippen LogP contribution is -2.28. The van der Waals surface area contributed by atoms with Gasteiger partial charge in [-0.05, 0) is 26.2 Å². The van der Waals surface area contributed by atoms with Crippen molar-refractivity contribution in [3.05, 3.63) is 0 Å². The van der Waals surface area contributed by atoms with E-state index in [1.165, 1.54) is 0 Å². The van der Waals surface area contributed by atoms with Crippen LogP contribution in [0, 0.1) is 0 Å². The lowest BCUT2D eigenvalue weighted by Gasteiger charge is -2.07. The van der Waals surface area contributed by atoms with Gasteiger partial charge in [-0.3, -0.25) is 0 Å². The van der Waals surface area contributed by atoms with Gasteiger partial charge in [-0.15, -0.1) is 0 Å². The Morgan fingerprint density at radius 3 is 2.60 bits per heavy atom. The zero-order chi connectivity index (χ0) is 11.7. The third-order valence-electron chi connectivity index (χ3n) is 1.92. The first-order valence-electron chi connectivity index (χ1n) is 5.20. The number of nitrogens with two attached hydrogens (primary N) is 1. The third kappa shape index (κ3) is 10.1. The van der Waals surface area contributed by atoms with Crippen LogP contribution < -0.4 is 10.5 Å². The molecular formula is C9H22N2O3S. The van der Waals surface area contributed by atoms with E-state index in [0.717, 1.165) is 12.8 Å². The first-order chi connectivity index (χ1) is 6.98. The molecule has 0 radical (unpaired) electrons. The van der Waals surface area contributed by atoms with Crippen molar-refractivity contribution in [2.75, 3.05) is 26.0 Å². The van der Waals surface area contributed by atoms with Crippen LogP contribution in [0.15, 0.2) is 0 Å². The van der Waals surface area contributed by atoms with E-state index >= 15 is 0 Å². The molecule has 92 valence electrons. The molecule has 3 N–H and O–H groups in total. The minimum Gasteiger partial charge on any atom is -0.385 e. The first kappa shape index (κ1) is 14.8. The second-order valence-corrected chi connectivity index (χ2v) is 5.61. The minimum atomic E-state index is -3.12. The molecule has 6 heteroatoms. The quantitative estimate of drug-likeness (QED) is 0.557. The lowest BCUT2D eigenvalue weighted by atomic mass is 10.2. The van der Waals surface area contributed by atoms with Crippen LogP contribution in [0.5, 0.6) is 0 Å². The summed E-state index contributed by atoms with van der Waals surface area (Å²) < 4.78 is 30.0. The lowest BCUT2D eigenvalue weighted by molar-refractivity contribution is 0.199. The predicted molar refractivity (Wildman–Crippen MR) is 61.2 cm³/mol. The fraction of sp³-hybridized carbons (Fsp3) is 1.00. The molecule has 0 aromatic rings. The SMILES string of the molecule is COCCCS(=O)(=O)NCCCC(C)N. The van der Waals surface area contributed by atoms with Gasteiger partial charge in [0.25, 0.3) is 0 Å². The Labute approximate surface area is 92.4 Å². The summed E-state index contributed by atoms with van der Waals surface area (Å²) in [5.74, 6) is 0.124. The normalized spacial score (nSPS) is 14.1. The summed E-state index contributed by atoms with van der Waals surface area (Å²) >= 11 is 0. The summed E-state index contributed by atoms with van der Waals surface area (Å²) in [5.41, 5.74) is 5.55. The van der Waals surface area contributed by atoms with Crippen LogP contribution in [-0.4, -0.2) is 40.5 Å². The molecule has 0 bridgehead atoms. The summed E-state index contributed by atoms with van der Waals surface area (Å²) in [6.45, 7) is 2.85. The fourth-order valence-corrected chi connectivity index (χ4v) is 2.21. The molecule has 0 aliphatic carbocycles. The highest BCUT2D eigenvalue weighted by Crippen LogP contribution is 1.94. The summed E-state index contributed by atoms with van der Waals surface area (Å²) in [7, 11) is -1.56. The molecule has 0 aliphatic heterocycles. The maximum atomic E-state index is 11.4. The highest BCUT2D eigenvalue weighted by molar-refractivity contribution is 7.89. The maximum absolute atomic E-state index is 11.4. The van der Waals surface area contributed by atoms with Crippen molar-refractivity contribution >= 4 is 10.0 Å².